The number of carbonyl (C=O) groups is 2. The molecule has 1 atom stereocenters. The average Bonchev–Trinajstić information content (AvgIpc) is 2.64. The maximum atomic E-state index is 12.1. The normalized spacial score (nSPS) is 16.3. The van der Waals surface area contributed by atoms with Gasteiger partial charge in [-0.2, -0.15) is 0 Å². The van der Waals surface area contributed by atoms with Crippen molar-refractivity contribution in [3.63, 3.8) is 0 Å². The third-order valence-corrected chi connectivity index (χ3v) is 4.66. The number of nitrogens with one attached hydrogen (secondary N) is 3. The summed E-state index contributed by atoms with van der Waals surface area (Å²) in [6, 6.07) is 0.0887. The molecular weight excluding hydrogens is 513 g/mol. The monoisotopic (exact) mass is 555 g/mol. The lowest BCUT2D eigenvalue weighted by Crippen LogP contribution is -2.50. The molecule has 1 fully saturated rings. The molecule has 1 aliphatic heterocycles. The Labute approximate surface area is 204 Å². The number of piperidine rings is 1. The van der Waals surface area contributed by atoms with E-state index in [0.717, 1.165) is 19.4 Å². The van der Waals surface area contributed by atoms with Gasteiger partial charge in [-0.3, -0.25) is 4.99 Å². The number of hydrogen-bond donors (Lipinski definition) is 3. The number of rotatable bonds is 7. The third kappa shape index (κ3) is 12.2. The first-order chi connectivity index (χ1) is 14.1. The molecule has 31 heavy (non-hydrogen) atoms. The maximum Gasteiger partial charge on any atom is 0.409 e. The van der Waals surface area contributed by atoms with Crippen LogP contribution in [0.3, 0.4) is 0 Å². The summed E-state index contributed by atoms with van der Waals surface area (Å²) in [7, 11) is 0. The third-order valence-electron chi connectivity index (χ3n) is 4.66. The fraction of sp³-hybridized carbons (Fsp3) is 0.857. The number of hydrogen-bond acceptors (Lipinski definition) is 5. The minimum atomic E-state index is -0.538. The van der Waals surface area contributed by atoms with E-state index in [1.807, 2.05) is 48.5 Å². The lowest BCUT2D eigenvalue weighted by Gasteiger charge is -2.32. The van der Waals surface area contributed by atoms with Gasteiger partial charge < -0.3 is 30.3 Å². The van der Waals surface area contributed by atoms with Crippen LogP contribution in [0, 0.1) is 5.92 Å². The van der Waals surface area contributed by atoms with E-state index >= 15 is 0 Å². The molecule has 0 saturated carbocycles. The van der Waals surface area contributed by atoms with Crippen molar-refractivity contribution in [1.29, 1.82) is 0 Å². The fourth-order valence-corrected chi connectivity index (χ4v) is 3.01. The summed E-state index contributed by atoms with van der Waals surface area (Å²) in [6.07, 6.45) is 0.977. The van der Waals surface area contributed by atoms with E-state index in [1.165, 1.54) is 0 Å². The van der Waals surface area contributed by atoms with E-state index in [4.69, 9.17) is 9.47 Å². The first-order valence-electron chi connectivity index (χ1n) is 11.0. The fourth-order valence-electron chi connectivity index (χ4n) is 3.01. The van der Waals surface area contributed by atoms with E-state index < -0.39 is 11.7 Å². The number of amides is 2. The number of halogens is 1. The number of likely N-dealkylation sites (tertiary alicyclic amines) is 1. The SMILES string of the molecule is CCNC(=NCC(NC(=O)OC(C)(C)C)C(C)C)NC1CCN(C(=O)OCC)CC1.I. The molecular formula is C21H42IN5O4. The highest BCUT2D eigenvalue weighted by atomic mass is 127. The minimum absolute atomic E-state index is 0. The highest BCUT2D eigenvalue weighted by Gasteiger charge is 2.25. The molecule has 1 rings (SSSR count). The van der Waals surface area contributed by atoms with Gasteiger partial charge in [-0.05, 0) is 53.4 Å². The number of ether oxygens (including phenoxy) is 2. The van der Waals surface area contributed by atoms with Crippen LogP contribution in [-0.4, -0.2) is 73.5 Å². The second-order valence-corrected chi connectivity index (χ2v) is 8.82. The van der Waals surface area contributed by atoms with Gasteiger partial charge in [-0.25, -0.2) is 9.59 Å². The van der Waals surface area contributed by atoms with Crippen molar-refractivity contribution in [2.75, 3.05) is 32.8 Å². The second kappa shape index (κ2) is 14.6. The van der Waals surface area contributed by atoms with Crippen LogP contribution in [0.5, 0.6) is 0 Å². The van der Waals surface area contributed by atoms with Gasteiger partial charge in [0.15, 0.2) is 5.96 Å². The van der Waals surface area contributed by atoms with Crippen LogP contribution in [0.25, 0.3) is 0 Å². The van der Waals surface area contributed by atoms with Gasteiger partial charge in [0, 0.05) is 25.7 Å². The van der Waals surface area contributed by atoms with Gasteiger partial charge in [0.25, 0.3) is 0 Å². The van der Waals surface area contributed by atoms with Crippen LogP contribution >= 0.6 is 24.0 Å². The van der Waals surface area contributed by atoms with Gasteiger partial charge in [-0.15, -0.1) is 24.0 Å². The van der Waals surface area contributed by atoms with Crippen LogP contribution in [-0.2, 0) is 9.47 Å². The summed E-state index contributed by atoms with van der Waals surface area (Å²) in [6.45, 7) is 16.3. The quantitative estimate of drug-likeness (QED) is 0.253. The van der Waals surface area contributed by atoms with E-state index in [2.05, 4.69) is 20.9 Å². The smallest absolute Gasteiger partial charge is 0.409 e. The van der Waals surface area contributed by atoms with Gasteiger partial charge in [-0.1, -0.05) is 13.8 Å². The van der Waals surface area contributed by atoms with E-state index in [1.54, 1.807) is 4.90 Å². The first-order valence-corrected chi connectivity index (χ1v) is 11.0. The van der Waals surface area contributed by atoms with Crippen molar-refractivity contribution in [3.8, 4) is 0 Å². The standard InChI is InChI=1S/C21H41N5O4.HI/c1-8-22-18(24-16-10-12-26(13-11-16)20(28)29-9-2)23-14-17(15(3)4)25-19(27)30-21(5,6)7;/h15-17H,8-14H2,1-7H3,(H,25,27)(H2,22,23,24);1H. The second-order valence-electron chi connectivity index (χ2n) is 8.82. The van der Waals surface area contributed by atoms with Crippen molar-refractivity contribution in [1.82, 2.24) is 20.9 Å². The van der Waals surface area contributed by atoms with Crippen molar-refractivity contribution < 1.29 is 19.1 Å². The summed E-state index contributed by atoms with van der Waals surface area (Å²) in [5.74, 6) is 0.917. The molecule has 0 bridgehead atoms. The first kappa shape index (κ1) is 29.5. The van der Waals surface area contributed by atoms with Crippen molar-refractivity contribution in [2.24, 2.45) is 10.9 Å². The van der Waals surface area contributed by atoms with E-state index in [0.29, 0.717) is 32.2 Å². The number of guanidine groups is 1. The van der Waals surface area contributed by atoms with Gasteiger partial charge in [0.05, 0.1) is 19.2 Å². The lowest BCUT2D eigenvalue weighted by atomic mass is 10.0. The van der Waals surface area contributed by atoms with Crippen molar-refractivity contribution in [3.05, 3.63) is 0 Å². The summed E-state index contributed by atoms with van der Waals surface area (Å²) in [4.78, 5) is 30.4. The largest absolute Gasteiger partial charge is 0.450 e. The molecule has 0 aliphatic carbocycles. The minimum Gasteiger partial charge on any atom is -0.450 e. The van der Waals surface area contributed by atoms with Crippen LogP contribution in [0.2, 0.25) is 0 Å². The topological polar surface area (TPSA) is 104 Å². The molecule has 1 unspecified atom stereocenters. The summed E-state index contributed by atoms with van der Waals surface area (Å²) in [5, 5.41) is 9.63. The Morgan fingerprint density at radius 2 is 1.77 bits per heavy atom. The molecule has 10 heteroatoms. The molecule has 9 nitrogen and oxygen atoms in total. The molecule has 1 saturated heterocycles. The molecule has 0 spiro atoms. The molecule has 0 aromatic rings. The Bertz CT molecular complexity index is 573. The highest BCUT2D eigenvalue weighted by Crippen LogP contribution is 2.12. The Kier molecular flexibility index (Phi) is 13.9. The van der Waals surface area contributed by atoms with Crippen LogP contribution < -0.4 is 16.0 Å². The predicted octanol–water partition coefficient (Wildman–Crippen LogP) is 3.33. The number of nitrogens with zero attached hydrogens (tertiary/aromatic N) is 2. The van der Waals surface area contributed by atoms with Gasteiger partial charge in [0.2, 0.25) is 0 Å². The molecule has 2 amide bonds. The Balaban J connectivity index is 0.00000900. The highest BCUT2D eigenvalue weighted by molar-refractivity contribution is 14.0. The zero-order valence-electron chi connectivity index (χ0n) is 20.1. The van der Waals surface area contributed by atoms with Gasteiger partial charge in [0.1, 0.15) is 5.60 Å². The zero-order chi connectivity index (χ0) is 22.7. The zero-order valence-corrected chi connectivity index (χ0v) is 22.4. The summed E-state index contributed by atoms with van der Waals surface area (Å²) < 4.78 is 10.4. The van der Waals surface area contributed by atoms with Crippen LogP contribution in [0.4, 0.5) is 9.59 Å². The molecule has 0 aromatic carbocycles. The van der Waals surface area contributed by atoms with Crippen LogP contribution in [0.1, 0.15) is 61.3 Å². The summed E-state index contributed by atoms with van der Waals surface area (Å²) in [5.41, 5.74) is -0.538. The number of aliphatic imine (C=N–C) groups is 1. The molecule has 1 heterocycles. The van der Waals surface area contributed by atoms with Crippen LogP contribution in [0.15, 0.2) is 4.99 Å². The van der Waals surface area contributed by atoms with E-state index in [9.17, 15) is 9.59 Å². The molecule has 3 N–H and O–H groups in total. The Morgan fingerprint density at radius 1 is 1.16 bits per heavy atom. The van der Waals surface area contributed by atoms with Crippen molar-refractivity contribution in [2.45, 2.75) is 79.0 Å². The molecule has 182 valence electrons. The Morgan fingerprint density at radius 3 is 2.26 bits per heavy atom. The number of carbonyl (C=O) groups excluding carboxylic acids is 2. The molecule has 0 radical (unpaired) electrons. The number of alkyl carbamates (subject to hydrolysis) is 1. The molecule has 0 aromatic heterocycles. The van der Waals surface area contributed by atoms with E-state index in [-0.39, 0.29) is 48.1 Å². The summed E-state index contributed by atoms with van der Waals surface area (Å²) >= 11 is 0. The Hall–Kier alpha value is -1.46. The maximum absolute atomic E-state index is 12.1. The lowest BCUT2D eigenvalue weighted by molar-refractivity contribution is 0.0492. The average molecular weight is 556 g/mol. The molecule has 1 aliphatic rings. The predicted molar refractivity (Wildman–Crippen MR) is 134 cm³/mol. The van der Waals surface area contributed by atoms with Gasteiger partial charge >= 0.3 is 12.2 Å². The van der Waals surface area contributed by atoms with Crippen molar-refractivity contribution >= 4 is 42.1 Å².